The van der Waals surface area contributed by atoms with E-state index in [1.54, 1.807) is 0 Å². The number of hydrogen-bond acceptors (Lipinski definition) is 6. The molecule has 0 saturated carbocycles. The van der Waals surface area contributed by atoms with Crippen LogP contribution in [0.5, 0.6) is 0 Å². The van der Waals surface area contributed by atoms with Gasteiger partial charge in [0.1, 0.15) is 6.10 Å². The molecule has 0 radical (unpaired) electrons. The summed E-state index contributed by atoms with van der Waals surface area (Å²) in [6, 6.07) is -0.361. The molecular formula is C14H26NNaO6. The number of carbonyl (C=O) groups excluding carboxylic acids is 2. The largest absolute Gasteiger partial charge is 1.00 e. The van der Waals surface area contributed by atoms with Crippen LogP contribution in [0.2, 0.25) is 0 Å². The van der Waals surface area contributed by atoms with Crippen molar-refractivity contribution in [2.45, 2.75) is 52.4 Å². The fourth-order valence-corrected chi connectivity index (χ4v) is 1.74. The Balaban J connectivity index is 0. The van der Waals surface area contributed by atoms with Crippen LogP contribution in [0.25, 0.3) is 0 Å². The van der Waals surface area contributed by atoms with Gasteiger partial charge in [0, 0.05) is 6.61 Å². The topological polar surface area (TPSA) is 119 Å². The number of carboxylic acids is 1. The van der Waals surface area contributed by atoms with E-state index in [2.05, 4.69) is 5.32 Å². The quantitative estimate of drug-likeness (QED) is 0.349. The summed E-state index contributed by atoms with van der Waals surface area (Å²) in [5.74, 6) is -2.22. The molecule has 0 aromatic carbocycles. The predicted molar refractivity (Wildman–Crippen MR) is 74.1 cm³/mol. The molecule has 0 unspecified atom stereocenters. The van der Waals surface area contributed by atoms with Crippen LogP contribution in [0.4, 0.5) is 0 Å². The molecule has 0 aliphatic carbocycles. The van der Waals surface area contributed by atoms with Crippen molar-refractivity contribution in [1.29, 1.82) is 0 Å². The number of nitrogens with one attached hydrogen (secondary N) is 1. The van der Waals surface area contributed by atoms with Crippen LogP contribution in [-0.4, -0.2) is 53.6 Å². The van der Waals surface area contributed by atoms with Gasteiger partial charge in [-0.25, -0.2) is 0 Å². The van der Waals surface area contributed by atoms with E-state index in [0.717, 1.165) is 0 Å². The Bertz CT molecular complexity index is 337. The van der Waals surface area contributed by atoms with Crippen LogP contribution in [-0.2, 0) is 14.3 Å². The summed E-state index contributed by atoms with van der Waals surface area (Å²) in [4.78, 5) is 22.1. The average Bonchev–Trinajstić information content (AvgIpc) is 2.35. The summed E-state index contributed by atoms with van der Waals surface area (Å²) in [5.41, 5.74) is 0. The predicted octanol–water partition coefficient (Wildman–Crippen LogP) is -4.33. The first-order chi connectivity index (χ1) is 9.65. The van der Waals surface area contributed by atoms with Crippen molar-refractivity contribution >= 4 is 11.9 Å². The molecule has 0 spiro atoms. The first-order valence-corrected chi connectivity index (χ1v) is 7.10. The summed E-state index contributed by atoms with van der Waals surface area (Å²) in [6.45, 7) is 8.72. The number of hydrogen-bond donors (Lipinski definition) is 3. The standard InChI is InChI=1S/C14H27NO6.Na/c1-8(2)5-10(7-21-6-9(3)4)15-13(18)11(16)12(17)14(19)20;/h8-12,16-17H,5-7H2,1-4H3,(H,15,18)(H,19,20);/q;+1/p-1/t10-,11+,12-;/m0./s1. The van der Waals surface area contributed by atoms with E-state index in [1.807, 2.05) is 27.7 Å². The minimum absolute atomic E-state index is 0. The van der Waals surface area contributed by atoms with Crippen molar-refractivity contribution in [2.75, 3.05) is 13.2 Å². The Morgan fingerprint density at radius 3 is 2.00 bits per heavy atom. The Kier molecular flexibility index (Phi) is 13.4. The van der Waals surface area contributed by atoms with Gasteiger partial charge in [-0.15, -0.1) is 0 Å². The zero-order valence-electron chi connectivity index (χ0n) is 14.0. The zero-order chi connectivity index (χ0) is 16.6. The fraction of sp³-hybridized carbons (Fsp3) is 0.857. The molecule has 3 N–H and O–H groups in total. The van der Waals surface area contributed by atoms with Crippen LogP contribution in [0.15, 0.2) is 0 Å². The van der Waals surface area contributed by atoms with Crippen LogP contribution < -0.4 is 40.0 Å². The average molecular weight is 327 g/mol. The summed E-state index contributed by atoms with van der Waals surface area (Å²) in [7, 11) is 0. The van der Waals surface area contributed by atoms with E-state index < -0.39 is 24.1 Å². The van der Waals surface area contributed by atoms with E-state index >= 15 is 0 Å². The normalized spacial score (nSPS) is 15.1. The van der Waals surface area contributed by atoms with E-state index in [4.69, 9.17) is 9.84 Å². The molecule has 0 saturated heterocycles. The number of amides is 1. The molecule has 124 valence electrons. The van der Waals surface area contributed by atoms with Gasteiger partial charge in [-0.2, -0.15) is 0 Å². The molecule has 0 rings (SSSR count). The molecular weight excluding hydrogens is 301 g/mol. The van der Waals surface area contributed by atoms with Gasteiger partial charge >= 0.3 is 29.6 Å². The van der Waals surface area contributed by atoms with Gasteiger partial charge in [-0.05, 0) is 18.3 Å². The monoisotopic (exact) mass is 327 g/mol. The number of rotatable bonds is 10. The third-order valence-corrected chi connectivity index (χ3v) is 2.68. The molecule has 0 aliphatic heterocycles. The molecule has 7 nitrogen and oxygen atoms in total. The molecule has 0 heterocycles. The van der Waals surface area contributed by atoms with E-state index in [-0.39, 0.29) is 48.1 Å². The second-order valence-corrected chi connectivity index (χ2v) is 5.98. The van der Waals surface area contributed by atoms with E-state index in [9.17, 15) is 19.8 Å². The number of carboxylic acid groups (broad SMARTS) is 1. The number of aliphatic carboxylic acids is 1. The van der Waals surface area contributed by atoms with Crippen molar-refractivity contribution < 1.29 is 59.2 Å². The van der Waals surface area contributed by atoms with Gasteiger partial charge in [0.05, 0.1) is 18.6 Å². The third-order valence-electron chi connectivity index (χ3n) is 2.68. The van der Waals surface area contributed by atoms with Crippen LogP contribution in [0.3, 0.4) is 0 Å². The smallest absolute Gasteiger partial charge is 0.547 e. The minimum Gasteiger partial charge on any atom is -0.547 e. The summed E-state index contributed by atoms with van der Waals surface area (Å²) in [6.07, 6.45) is -3.70. The van der Waals surface area contributed by atoms with Gasteiger partial charge in [-0.1, -0.05) is 27.7 Å². The van der Waals surface area contributed by atoms with Gasteiger partial charge in [-0.3, -0.25) is 4.79 Å². The van der Waals surface area contributed by atoms with Gasteiger partial charge < -0.3 is 30.2 Å². The van der Waals surface area contributed by atoms with Crippen molar-refractivity contribution in [3.63, 3.8) is 0 Å². The van der Waals surface area contributed by atoms with Crippen molar-refractivity contribution in [2.24, 2.45) is 11.8 Å². The van der Waals surface area contributed by atoms with Crippen molar-refractivity contribution in [1.82, 2.24) is 5.32 Å². The first-order valence-electron chi connectivity index (χ1n) is 7.10. The molecule has 0 aliphatic rings. The Morgan fingerprint density at radius 2 is 1.59 bits per heavy atom. The molecule has 1 amide bonds. The molecule has 8 heteroatoms. The minimum atomic E-state index is -2.25. The Labute approximate surface area is 153 Å². The van der Waals surface area contributed by atoms with Crippen molar-refractivity contribution in [3.8, 4) is 0 Å². The van der Waals surface area contributed by atoms with Gasteiger partial charge in [0.25, 0.3) is 5.91 Å². The van der Waals surface area contributed by atoms with E-state index in [0.29, 0.717) is 18.9 Å². The molecule has 22 heavy (non-hydrogen) atoms. The fourth-order valence-electron chi connectivity index (χ4n) is 1.74. The Hall–Kier alpha value is -0.180. The van der Waals surface area contributed by atoms with Crippen LogP contribution in [0, 0.1) is 11.8 Å². The van der Waals surface area contributed by atoms with Crippen LogP contribution in [0.1, 0.15) is 34.1 Å². The summed E-state index contributed by atoms with van der Waals surface area (Å²) >= 11 is 0. The number of carbonyl (C=O) groups is 2. The van der Waals surface area contributed by atoms with Gasteiger partial charge in [0.15, 0.2) is 6.10 Å². The van der Waals surface area contributed by atoms with E-state index in [1.165, 1.54) is 0 Å². The number of ether oxygens (including phenoxy) is 1. The summed E-state index contributed by atoms with van der Waals surface area (Å²) in [5, 5.41) is 31.5. The zero-order valence-corrected chi connectivity index (χ0v) is 16.0. The number of aliphatic hydroxyl groups excluding tert-OH is 2. The second-order valence-electron chi connectivity index (χ2n) is 5.98. The second kappa shape index (κ2) is 12.3. The maximum atomic E-state index is 11.7. The molecule has 0 fully saturated rings. The van der Waals surface area contributed by atoms with Gasteiger partial charge in [0.2, 0.25) is 0 Å². The summed E-state index contributed by atoms with van der Waals surface area (Å²) < 4.78 is 5.46. The van der Waals surface area contributed by atoms with Crippen molar-refractivity contribution in [3.05, 3.63) is 0 Å². The molecule has 3 atom stereocenters. The Morgan fingerprint density at radius 1 is 1.05 bits per heavy atom. The maximum Gasteiger partial charge on any atom is 1.00 e. The maximum absolute atomic E-state index is 11.7. The third kappa shape index (κ3) is 10.5. The molecule has 0 bridgehead atoms. The SMILES string of the molecule is CC(C)COC[C@H](CC(C)C)NC(=O)[C@H](O)[C@H](O)C(=O)[O-].[Na+]. The first kappa shape index (κ1) is 24.1. The molecule has 0 aromatic rings. The number of aliphatic hydroxyl groups is 2. The van der Waals surface area contributed by atoms with Crippen LogP contribution >= 0.6 is 0 Å². The molecule has 0 aromatic heterocycles.